The Morgan fingerprint density at radius 3 is 2.44 bits per heavy atom. The lowest BCUT2D eigenvalue weighted by atomic mass is 9.92. The highest BCUT2D eigenvalue weighted by Crippen LogP contribution is 2.27. The van der Waals surface area contributed by atoms with Crippen molar-refractivity contribution in [2.75, 3.05) is 19.8 Å². The largest absolute Gasteiger partial charge is 0.508 e. The molecule has 7 heteroatoms. The van der Waals surface area contributed by atoms with Gasteiger partial charge in [0.25, 0.3) is 0 Å². The maximum atomic E-state index is 10.0. The van der Waals surface area contributed by atoms with Crippen LogP contribution in [0.3, 0.4) is 0 Å². The molecule has 186 valence electrons. The summed E-state index contributed by atoms with van der Waals surface area (Å²) in [6.07, 6.45) is 3.75. The van der Waals surface area contributed by atoms with Crippen LogP contribution in [0.4, 0.5) is 0 Å². The molecular formula is C27H37NO6. The minimum Gasteiger partial charge on any atom is -0.508 e. The van der Waals surface area contributed by atoms with Gasteiger partial charge in [0.05, 0.1) is 18.8 Å². The van der Waals surface area contributed by atoms with Crippen LogP contribution in [0.25, 0.3) is 0 Å². The Bertz CT molecular complexity index is 896. The van der Waals surface area contributed by atoms with Crippen LogP contribution in [-0.4, -0.2) is 65.5 Å². The van der Waals surface area contributed by atoms with Gasteiger partial charge in [-0.2, -0.15) is 0 Å². The van der Waals surface area contributed by atoms with E-state index in [2.05, 4.69) is 17.4 Å². The van der Waals surface area contributed by atoms with Crippen LogP contribution in [0.5, 0.6) is 17.2 Å². The number of aromatic hydroxyl groups is 1. The quantitative estimate of drug-likeness (QED) is 0.444. The van der Waals surface area contributed by atoms with Crippen molar-refractivity contribution >= 4 is 0 Å². The van der Waals surface area contributed by atoms with Gasteiger partial charge >= 0.3 is 0 Å². The van der Waals surface area contributed by atoms with Gasteiger partial charge in [0.15, 0.2) is 0 Å². The maximum Gasteiger partial charge on any atom is 0.127 e. The summed E-state index contributed by atoms with van der Waals surface area (Å²) in [6.45, 7) is 3.58. The molecule has 3 unspecified atom stereocenters. The second kappa shape index (κ2) is 12.0. The van der Waals surface area contributed by atoms with Gasteiger partial charge in [-0.1, -0.05) is 12.1 Å². The summed E-state index contributed by atoms with van der Waals surface area (Å²) in [6, 6.07) is 13.9. The van der Waals surface area contributed by atoms with Gasteiger partial charge < -0.3 is 34.8 Å². The number of hydrogen-bond donors (Lipinski definition) is 4. The normalized spacial score (nSPS) is 27.4. The molecule has 2 aliphatic rings. The lowest BCUT2D eigenvalue weighted by molar-refractivity contribution is -0.163. The van der Waals surface area contributed by atoms with Crippen molar-refractivity contribution in [3.63, 3.8) is 0 Å². The maximum absolute atomic E-state index is 10.0. The molecule has 7 nitrogen and oxygen atoms in total. The van der Waals surface area contributed by atoms with E-state index in [9.17, 15) is 15.3 Å². The first kappa shape index (κ1) is 24.9. The molecule has 1 heterocycles. The van der Waals surface area contributed by atoms with Crippen LogP contribution < -0.4 is 10.1 Å². The SMILES string of the molecule is Cc1cc(Oc2ccc(CCNC3CCC(OCC4OCCC(O)C4O)CC3)cc2)ccc1O. The van der Waals surface area contributed by atoms with E-state index in [1.54, 1.807) is 12.1 Å². The molecule has 2 aromatic rings. The summed E-state index contributed by atoms with van der Waals surface area (Å²) in [4.78, 5) is 0. The molecule has 0 bridgehead atoms. The average molecular weight is 472 g/mol. The van der Waals surface area contributed by atoms with Crippen LogP contribution in [0.1, 0.15) is 43.2 Å². The van der Waals surface area contributed by atoms with Crippen LogP contribution in [0.2, 0.25) is 0 Å². The number of phenolic OH excluding ortho intramolecular Hbond substituents is 1. The third-order valence-corrected chi connectivity index (χ3v) is 6.87. The highest BCUT2D eigenvalue weighted by molar-refractivity contribution is 5.40. The summed E-state index contributed by atoms with van der Waals surface area (Å²) < 4.78 is 17.4. The number of hydrogen-bond acceptors (Lipinski definition) is 7. The average Bonchev–Trinajstić information content (AvgIpc) is 2.84. The zero-order valence-corrected chi connectivity index (χ0v) is 19.9. The molecule has 1 saturated carbocycles. The number of rotatable bonds is 9. The minimum absolute atomic E-state index is 0.192. The molecule has 0 radical (unpaired) electrons. The Hall–Kier alpha value is -2.16. The smallest absolute Gasteiger partial charge is 0.127 e. The molecule has 0 amide bonds. The molecule has 2 fully saturated rings. The van der Waals surface area contributed by atoms with Gasteiger partial charge in [-0.25, -0.2) is 0 Å². The fourth-order valence-electron chi connectivity index (χ4n) is 4.64. The molecule has 0 aromatic heterocycles. The first-order valence-corrected chi connectivity index (χ1v) is 12.4. The Balaban J connectivity index is 1.12. The predicted molar refractivity (Wildman–Crippen MR) is 129 cm³/mol. The first-order valence-electron chi connectivity index (χ1n) is 12.4. The summed E-state index contributed by atoms with van der Waals surface area (Å²) in [5.41, 5.74) is 2.05. The number of ether oxygens (including phenoxy) is 3. The zero-order valence-electron chi connectivity index (χ0n) is 19.9. The number of phenols is 1. The van der Waals surface area contributed by atoms with E-state index in [1.165, 1.54) is 5.56 Å². The second-order valence-electron chi connectivity index (χ2n) is 9.46. The zero-order chi connectivity index (χ0) is 23.9. The highest BCUT2D eigenvalue weighted by atomic mass is 16.5. The van der Waals surface area contributed by atoms with E-state index >= 15 is 0 Å². The molecule has 1 saturated heterocycles. The molecule has 34 heavy (non-hydrogen) atoms. The van der Waals surface area contributed by atoms with E-state index < -0.39 is 18.3 Å². The Labute approximate surface area is 201 Å². The van der Waals surface area contributed by atoms with Gasteiger partial charge in [0.1, 0.15) is 29.5 Å². The van der Waals surface area contributed by atoms with Gasteiger partial charge in [0.2, 0.25) is 0 Å². The van der Waals surface area contributed by atoms with Crippen molar-refractivity contribution in [3.05, 3.63) is 53.6 Å². The van der Waals surface area contributed by atoms with Crippen molar-refractivity contribution in [2.45, 2.75) is 75.9 Å². The van der Waals surface area contributed by atoms with Gasteiger partial charge in [-0.15, -0.1) is 0 Å². The predicted octanol–water partition coefficient (Wildman–Crippen LogP) is 3.46. The standard InChI is InChI=1S/C27H37NO6/c1-18-16-23(10-11-24(18)29)34-22-6-2-19(3-7-22)12-14-28-20-4-8-21(9-5-20)33-17-26-27(31)25(30)13-15-32-26/h2-3,6-7,10-11,16,20-21,25-31H,4-5,8-9,12-15,17H2,1H3. The molecule has 3 atom stereocenters. The van der Waals surface area contributed by atoms with E-state index in [-0.39, 0.29) is 11.9 Å². The van der Waals surface area contributed by atoms with Crippen LogP contribution in [0, 0.1) is 6.92 Å². The van der Waals surface area contributed by atoms with Crippen molar-refractivity contribution in [3.8, 4) is 17.2 Å². The lowest BCUT2D eigenvalue weighted by Crippen LogP contribution is -2.47. The van der Waals surface area contributed by atoms with Crippen molar-refractivity contribution in [1.29, 1.82) is 0 Å². The Kier molecular flexibility index (Phi) is 8.80. The summed E-state index contributed by atoms with van der Waals surface area (Å²) in [5, 5.41) is 33.1. The van der Waals surface area contributed by atoms with E-state index in [1.807, 2.05) is 25.1 Å². The Morgan fingerprint density at radius 1 is 0.971 bits per heavy atom. The summed E-state index contributed by atoms with van der Waals surface area (Å²) >= 11 is 0. The number of aliphatic hydroxyl groups is 2. The minimum atomic E-state index is -0.857. The molecule has 2 aromatic carbocycles. The van der Waals surface area contributed by atoms with Crippen molar-refractivity contribution in [1.82, 2.24) is 5.32 Å². The van der Waals surface area contributed by atoms with E-state index in [0.717, 1.165) is 50.0 Å². The fourth-order valence-corrected chi connectivity index (χ4v) is 4.64. The fraction of sp³-hybridized carbons (Fsp3) is 0.556. The van der Waals surface area contributed by atoms with Crippen molar-refractivity contribution < 1.29 is 29.5 Å². The molecule has 4 N–H and O–H groups in total. The summed E-state index contributed by atoms with van der Waals surface area (Å²) in [7, 11) is 0. The molecule has 4 rings (SSSR count). The van der Waals surface area contributed by atoms with Gasteiger partial charge in [-0.05, 0) is 93.5 Å². The summed E-state index contributed by atoms with van der Waals surface area (Å²) in [5.74, 6) is 1.76. The molecular weight excluding hydrogens is 434 g/mol. The number of benzene rings is 2. The molecule has 1 aliphatic heterocycles. The monoisotopic (exact) mass is 471 g/mol. The number of nitrogens with one attached hydrogen (secondary N) is 1. The Morgan fingerprint density at radius 2 is 1.71 bits per heavy atom. The van der Waals surface area contributed by atoms with E-state index in [0.29, 0.717) is 31.4 Å². The molecule has 1 aliphatic carbocycles. The second-order valence-corrected chi connectivity index (χ2v) is 9.46. The van der Waals surface area contributed by atoms with E-state index in [4.69, 9.17) is 14.2 Å². The molecule has 0 spiro atoms. The highest BCUT2D eigenvalue weighted by Gasteiger charge is 2.32. The van der Waals surface area contributed by atoms with Crippen LogP contribution in [0.15, 0.2) is 42.5 Å². The lowest BCUT2D eigenvalue weighted by Gasteiger charge is -2.34. The topological polar surface area (TPSA) is 100 Å². The third-order valence-electron chi connectivity index (χ3n) is 6.87. The van der Waals surface area contributed by atoms with Crippen LogP contribution in [-0.2, 0) is 15.9 Å². The van der Waals surface area contributed by atoms with Crippen molar-refractivity contribution in [2.24, 2.45) is 0 Å². The number of aliphatic hydroxyl groups excluding tert-OH is 2. The van der Waals surface area contributed by atoms with Gasteiger partial charge in [0, 0.05) is 12.6 Å². The van der Waals surface area contributed by atoms with Crippen LogP contribution >= 0.6 is 0 Å². The van der Waals surface area contributed by atoms with Gasteiger partial charge in [-0.3, -0.25) is 0 Å². The first-order chi connectivity index (χ1) is 16.5. The number of aryl methyl sites for hydroxylation is 1. The third kappa shape index (κ3) is 6.93.